The Morgan fingerprint density at radius 1 is 1.00 bits per heavy atom. The van der Waals surface area contributed by atoms with Crippen molar-refractivity contribution in [1.82, 2.24) is 5.32 Å². The fourth-order valence-corrected chi connectivity index (χ4v) is 3.87. The van der Waals surface area contributed by atoms with Crippen molar-refractivity contribution in [1.29, 1.82) is 0 Å². The molecule has 0 aromatic rings. The molecule has 3 saturated carbocycles. The molecule has 19 heavy (non-hydrogen) atoms. The summed E-state index contributed by atoms with van der Waals surface area (Å²) in [7, 11) is 0. The van der Waals surface area contributed by atoms with E-state index in [9.17, 15) is 18.0 Å². The SMILES string of the molecule is O=C(NC1CCCC(C(F)(F)F)C1)C1CC2CC2C1. The summed E-state index contributed by atoms with van der Waals surface area (Å²) >= 11 is 0. The van der Waals surface area contributed by atoms with Crippen LogP contribution in [0.15, 0.2) is 0 Å². The minimum atomic E-state index is -4.11. The number of carbonyl (C=O) groups is 1. The second kappa shape index (κ2) is 4.67. The zero-order valence-corrected chi connectivity index (χ0v) is 10.9. The first-order chi connectivity index (χ1) is 8.93. The summed E-state index contributed by atoms with van der Waals surface area (Å²) in [5.74, 6) is 0.286. The van der Waals surface area contributed by atoms with E-state index in [1.165, 1.54) is 6.42 Å². The van der Waals surface area contributed by atoms with Gasteiger partial charge in [-0.25, -0.2) is 0 Å². The van der Waals surface area contributed by atoms with Gasteiger partial charge in [0, 0.05) is 12.0 Å². The van der Waals surface area contributed by atoms with E-state index in [-0.39, 0.29) is 30.7 Å². The second-order valence-electron chi connectivity index (χ2n) is 6.53. The van der Waals surface area contributed by atoms with Crippen molar-refractivity contribution in [2.75, 3.05) is 0 Å². The first kappa shape index (κ1) is 13.3. The zero-order valence-electron chi connectivity index (χ0n) is 10.9. The lowest BCUT2D eigenvalue weighted by atomic mass is 9.85. The summed E-state index contributed by atoms with van der Waals surface area (Å²) in [6, 6.07) is -0.273. The van der Waals surface area contributed by atoms with Crippen LogP contribution >= 0.6 is 0 Å². The topological polar surface area (TPSA) is 29.1 Å². The lowest BCUT2D eigenvalue weighted by molar-refractivity contribution is -0.184. The van der Waals surface area contributed by atoms with Crippen LogP contribution in [0.3, 0.4) is 0 Å². The van der Waals surface area contributed by atoms with Crippen LogP contribution in [-0.4, -0.2) is 18.1 Å². The highest BCUT2D eigenvalue weighted by atomic mass is 19.4. The molecule has 4 atom stereocenters. The van der Waals surface area contributed by atoms with E-state index in [1.807, 2.05) is 0 Å². The van der Waals surface area contributed by atoms with Gasteiger partial charge in [0.25, 0.3) is 0 Å². The normalized spacial score (nSPS) is 41.7. The van der Waals surface area contributed by atoms with Crippen LogP contribution in [0.1, 0.15) is 44.9 Å². The molecule has 3 rings (SSSR count). The quantitative estimate of drug-likeness (QED) is 0.823. The molecule has 0 radical (unpaired) electrons. The molecule has 0 bridgehead atoms. The highest BCUT2D eigenvalue weighted by molar-refractivity contribution is 5.79. The Bertz CT molecular complexity index is 358. The van der Waals surface area contributed by atoms with Gasteiger partial charge in [-0.1, -0.05) is 6.42 Å². The third-order valence-electron chi connectivity index (χ3n) is 5.10. The molecule has 3 aliphatic carbocycles. The molecule has 5 heteroatoms. The number of amides is 1. The summed E-state index contributed by atoms with van der Waals surface area (Å²) in [4.78, 5) is 12.0. The van der Waals surface area contributed by atoms with E-state index in [2.05, 4.69) is 5.32 Å². The number of carbonyl (C=O) groups excluding carboxylic acids is 1. The van der Waals surface area contributed by atoms with Gasteiger partial charge in [0.2, 0.25) is 5.91 Å². The minimum absolute atomic E-state index is 0.0000227. The van der Waals surface area contributed by atoms with Crippen molar-refractivity contribution < 1.29 is 18.0 Å². The number of halogens is 3. The van der Waals surface area contributed by atoms with E-state index >= 15 is 0 Å². The van der Waals surface area contributed by atoms with E-state index in [0.717, 1.165) is 24.7 Å². The summed E-state index contributed by atoms with van der Waals surface area (Å²) < 4.78 is 38.1. The van der Waals surface area contributed by atoms with Gasteiger partial charge in [0.15, 0.2) is 0 Å². The predicted octanol–water partition coefficient (Wildman–Crippen LogP) is 3.27. The van der Waals surface area contributed by atoms with Crippen molar-refractivity contribution in [2.24, 2.45) is 23.7 Å². The highest BCUT2D eigenvalue weighted by Gasteiger charge is 2.48. The van der Waals surface area contributed by atoms with Gasteiger partial charge in [0.1, 0.15) is 0 Å². The van der Waals surface area contributed by atoms with Crippen molar-refractivity contribution >= 4 is 5.91 Å². The molecule has 0 aromatic heterocycles. The Hall–Kier alpha value is -0.740. The summed E-state index contributed by atoms with van der Waals surface area (Å²) in [6.07, 6.45) is 0.570. The number of hydrogen-bond donors (Lipinski definition) is 1. The van der Waals surface area contributed by atoms with Crippen LogP contribution in [0.5, 0.6) is 0 Å². The molecule has 0 spiro atoms. The molecule has 0 heterocycles. The fourth-order valence-electron chi connectivity index (χ4n) is 3.87. The fraction of sp³-hybridized carbons (Fsp3) is 0.929. The van der Waals surface area contributed by atoms with E-state index in [0.29, 0.717) is 12.8 Å². The van der Waals surface area contributed by atoms with Crippen LogP contribution < -0.4 is 5.32 Å². The van der Waals surface area contributed by atoms with E-state index < -0.39 is 12.1 Å². The molecule has 1 N–H and O–H groups in total. The first-order valence-electron chi connectivity index (χ1n) is 7.30. The van der Waals surface area contributed by atoms with Crippen molar-refractivity contribution in [2.45, 2.75) is 57.2 Å². The highest BCUT2D eigenvalue weighted by Crippen LogP contribution is 2.54. The molecule has 2 nitrogen and oxygen atoms in total. The zero-order chi connectivity index (χ0) is 13.6. The third-order valence-corrected chi connectivity index (χ3v) is 5.10. The summed E-state index contributed by atoms with van der Waals surface area (Å²) in [5.41, 5.74) is 0. The van der Waals surface area contributed by atoms with E-state index in [1.54, 1.807) is 0 Å². The van der Waals surface area contributed by atoms with Gasteiger partial charge in [-0.2, -0.15) is 13.2 Å². The third kappa shape index (κ3) is 2.90. The molecule has 4 unspecified atom stereocenters. The number of nitrogens with one attached hydrogen (secondary N) is 1. The Labute approximate surface area is 111 Å². The number of rotatable bonds is 2. The van der Waals surface area contributed by atoms with Gasteiger partial charge in [-0.15, -0.1) is 0 Å². The van der Waals surface area contributed by atoms with Crippen molar-refractivity contribution in [3.63, 3.8) is 0 Å². The van der Waals surface area contributed by atoms with Gasteiger partial charge >= 0.3 is 6.18 Å². The summed E-state index contributed by atoms with van der Waals surface area (Å²) in [6.45, 7) is 0. The average molecular weight is 275 g/mol. The Kier molecular flexibility index (Phi) is 3.26. The Morgan fingerprint density at radius 3 is 2.32 bits per heavy atom. The van der Waals surface area contributed by atoms with Gasteiger partial charge in [-0.3, -0.25) is 4.79 Å². The maximum absolute atomic E-state index is 12.7. The molecule has 0 aromatic carbocycles. The van der Waals surface area contributed by atoms with Crippen LogP contribution in [0, 0.1) is 23.7 Å². The lowest BCUT2D eigenvalue weighted by Crippen LogP contribution is -2.43. The molecule has 108 valence electrons. The largest absolute Gasteiger partial charge is 0.391 e. The molecule has 3 aliphatic rings. The monoisotopic (exact) mass is 275 g/mol. The van der Waals surface area contributed by atoms with Crippen molar-refractivity contribution in [3.05, 3.63) is 0 Å². The van der Waals surface area contributed by atoms with E-state index in [4.69, 9.17) is 0 Å². The Balaban J connectivity index is 1.50. The molecular weight excluding hydrogens is 255 g/mol. The minimum Gasteiger partial charge on any atom is -0.353 e. The second-order valence-corrected chi connectivity index (χ2v) is 6.53. The van der Waals surface area contributed by atoms with Crippen LogP contribution in [0.2, 0.25) is 0 Å². The number of alkyl halides is 3. The Morgan fingerprint density at radius 2 is 1.68 bits per heavy atom. The van der Waals surface area contributed by atoms with Gasteiger partial charge in [-0.05, 0) is 50.4 Å². The molecule has 3 fully saturated rings. The molecule has 1 amide bonds. The van der Waals surface area contributed by atoms with Crippen LogP contribution in [0.4, 0.5) is 13.2 Å². The standard InChI is InChI=1S/C14H20F3NO/c15-14(16,17)11-2-1-3-12(7-11)18-13(19)10-5-8-4-9(8)6-10/h8-12H,1-7H2,(H,18,19). The summed E-state index contributed by atoms with van der Waals surface area (Å²) in [5, 5.41) is 2.87. The first-order valence-corrected chi connectivity index (χ1v) is 7.30. The van der Waals surface area contributed by atoms with Crippen LogP contribution in [0.25, 0.3) is 0 Å². The molecule has 0 aliphatic heterocycles. The van der Waals surface area contributed by atoms with Crippen molar-refractivity contribution in [3.8, 4) is 0 Å². The molecular formula is C14H20F3NO. The predicted molar refractivity (Wildman–Crippen MR) is 64.3 cm³/mol. The smallest absolute Gasteiger partial charge is 0.353 e. The lowest BCUT2D eigenvalue weighted by Gasteiger charge is -2.31. The van der Waals surface area contributed by atoms with Crippen LogP contribution in [-0.2, 0) is 4.79 Å². The molecule has 0 saturated heterocycles. The maximum atomic E-state index is 12.7. The number of hydrogen-bond acceptors (Lipinski definition) is 1. The maximum Gasteiger partial charge on any atom is 0.391 e. The average Bonchev–Trinajstić information content (AvgIpc) is 2.95. The van der Waals surface area contributed by atoms with Gasteiger partial charge < -0.3 is 5.32 Å². The number of fused-ring (bicyclic) bond motifs is 1. The van der Waals surface area contributed by atoms with Gasteiger partial charge in [0.05, 0.1) is 5.92 Å².